The van der Waals surface area contributed by atoms with Crippen molar-refractivity contribution in [3.63, 3.8) is 0 Å². The van der Waals surface area contributed by atoms with Gasteiger partial charge in [-0.1, -0.05) is 44.2 Å². The van der Waals surface area contributed by atoms with E-state index in [-0.39, 0.29) is 17.4 Å². The van der Waals surface area contributed by atoms with Gasteiger partial charge in [0.15, 0.2) is 0 Å². The lowest BCUT2D eigenvalue weighted by molar-refractivity contribution is -0.137. The number of likely N-dealkylation sites (N-methyl/N-ethyl adjacent to an activating group) is 1. The molecule has 1 aromatic carbocycles. The highest BCUT2D eigenvalue weighted by Gasteiger charge is 2.32. The highest BCUT2D eigenvalue weighted by atomic mass is 32.2. The van der Waals surface area contributed by atoms with E-state index in [2.05, 4.69) is 30.9 Å². The van der Waals surface area contributed by atoms with Crippen molar-refractivity contribution >= 4 is 17.7 Å². The van der Waals surface area contributed by atoms with E-state index in [0.29, 0.717) is 13.1 Å². The number of rotatable bonds is 6. The molecule has 0 spiro atoms. The Bertz CT molecular complexity index is 500. The molecule has 1 aliphatic rings. The van der Waals surface area contributed by atoms with E-state index < -0.39 is 0 Å². The monoisotopic (exact) mass is 335 g/mol. The Morgan fingerprint density at radius 1 is 1.30 bits per heavy atom. The van der Waals surface area contributed by atoms with Gasteiger partial charge in [0.05, 0.1) is 0 Å². The summed E-state index contributed by atoms with van der Waals surface area (Å²) in [6.45, 7) is 7.38. The van der Waals surface area contributed by atoms with Crippen LogP contribution in [0.2, 0.25) is 0 Å². The summed E-state index contributed by atoms with van der Waals surface area (Å²) < 4.78 is 0. The smallest absolute Gasteiger partial charge is 0.244 e. The van der Waals surface area contributed by atoms with Crippen LogP contribution in [0, 0.1) is 5.41 Å². The first-order valence-electron chi connectivity index (χ1n) is 8.26. The molecule has 1 saturated heterocycles. The fourth-order valence-electron chi connectivity index (χ4n) is 2.97. The van der Waals surface area contributed by atoms with Crippen LogP contribution < -0.4 is 5.73 Å². The minimum Gasteiger partial charge on any atom is -0.344 e. The molecule has 1 atom stereocenters. The first-order valence-corrected chi connectivity index (χ1v) is 9.42. The fourth-order valence-corrected chi connectivity index (χ4v) is 3.91. The molecule has 0 aliphatic carbocycles. The molecule has 0 saturated carbocycles. The van der Waals surface area contributed by atoms with E-state index in [4.69, 9.17) is 5.73 Å². The van der Waals surface area contributed by atoms with Crippen LogP contribution in [-0.2, 0) is 4.79 Å². The van der Waals surface area contributed by atoms with Crippen LogP contribution in [0.5, 0.6) is 0 Å². The van der Waals surface area contributed by atoms with Gasteiger partial charge >= 0.3 is 0 Å². The lowest BCUT2D eigenvalue weighted by Gasteiger charge is -2.37. The molecular weight excluding hydrogens is 306 g/mol. The van der Waals surface area contributed by atoms with Crippen LogP contribution in [-0.4, -0.2) is 60.4 Å². The van der Waals surface area contributed by atoms with E-state index in [1.807, 2.05) is 41.9 Å². The van der Waals surface area contributed by atoms with Crippen LogP contribution in [0.3, 0.4) is 0 Å². The third-order valence-corrected chi connectivity index (χ3v) is 5.30. The van der Waals surface area contributed by atoms with Gasteiger partial charge in [0, 0.05) is 38.2 Å². The number of hydrogen-bond acceptors (Lipinski definition) is 4. The second-order valence-corrected chi connectivity index (χ2v) is 8.25. The number of benzene rings is 1. The van der Waals surface area contributed by atoms with Crippen molar-refractivity contribution in [3.8, 4) is 0 Å². The third kappa shape index (κ3) is 4.96. The molecular formula is C18H29N3OS. The van der Waals surface area contributed by atoms with Gasteiger partial charge in [-0.05, 0) is 17.5 Å². The summed E-state index contributed by atoms with van der Waals surface area (Å²) in [5.74, 6) is 2.35. The van der Waals surface area contributed by atoms with Crippen molar-refractivity contribution in [3.05, 3.63) is 35.9 Å². The van der Waals surface area contributed by atoms with Gasteiger partial charge in [0.2, 0.25) is 5.91 Å². The van der Waals surface area contributed by atoms with E-state index in [9.17, 15) is 4.79 Å². The predicted molar refractivity (Wildman–Crippen MR) is 98.6 cm³/mol. The van der Waals surface area contributed by atoms with Gasteiger partial charge in [-0.3, -0.25) is 9.69 Å². The SMILES string of the molecule is CN(CC(C)(C)CN)C(=O)C(c1ccccc1)N1CCSCC1. The molecule has 0 radical (unpaired) electrons. The normalized spacial score (nSPS) is 17.7. The fraction of sp³-hybridized carbons (Fsp3) is 0.611. The zero-order valence-electron chi connectivity index (χ0n) is 14.5. The molecule has 0 aromatic heterocycles. The number of thioether (sulfide) groups is 1. The van der Waals surface area contributed by atoms with E-state index >= 15 is 0 Å². The predicted octanol–water partition coefficient (Wildman–Crippen LogP) is 2.22. The molecule has 1 unspecified atom stereocenters. The van der Waals surface area contributed by atoms with Gasteiger partial charge in [-0.2, -0.15) is 11.8 Å². The summed E-state index contributed by atoms with van der Waals surface area (Å²) in [7, 11) is 1.90. The Hall–Kier alpha value is -1.04. The molecule has 1 heterocycles. The maximum Gasteiger partial charge on any atom is 0.244 e. The Balaban J connectivity index is 2.20. The molecule has 128 valence electrons. The first kappa shape index (κ1) is 18.3. The Morgan fingerprint density at radius 3 is 2.48 bits per heavy atom. The van der Waals surface area contributed by atoms with Gasteiger partial charge in [-0.25, -0.2) is 0 Å². The Labute approximate surface area is 144 Å². The second kappa shape index (κ2) is 8.18. The molecule has 5 heteroatoms. The number of carbonyl (C=O) groups is 1. The largest absolute Gasteiger partial charge is 0.344 e. The quantitative estimate of drug-likeness (QED) is 0.866. The molecule has 0 bridgehead atoms. The Morgan fingerprint density at radius 2 is 1.91 bits per heavy atom. The summed E-state index contributed by atoms with van der Waals surface area (Å²) >= 11 is 1.96. The maximum atomic E-state index is 13.2. The van der Waals surface area contributed by atoms with Crippen molar-refractivity contribution in [2.75, 3.05) is 44.7 Å². The number of nitrogens with zero attached hydrogens (tertiary/aromatic N) is 2. The zero-order chi connectivity index (χ0) is 16.9. The number of amides is 1. The van der Waals surface area contributed by atoms with Crippen molar-refractivity contribution in [2.24, 2.45) is 11.1 Å². The molecule has 4 nitrogen and oxygen atoms in total. The summed E-state index contributed by atoms with van der Waals surface area (Å²) in [6.07, 6.45) is 0. The van der Waals surface area contributed by atoms with Crippen molar-refractivity contribution < 1.29 is 4.79 Å². The molecule has 2 rings (SSSR count). The minimum absolute atomic E-state index is 0.0661. The molecule has 1 aromatic rings. The summed E-state index contributed by atoms with van der Waals surface area (Å²) in [6, 6.07) is 9.96. The standard InChI is InChI=1S/C18H29N3OS/c1-18(2,13-19)14-20(3)17(22)16(15-7-5-4-6-8-15)21-9-11-23-12-10-21/h4-8,16H,9-14,19H2,1-3H3. The van der Waals surface area contributed by atoms with Crippen molar-refractivity contribution in [1.29, 1.82) is 0 Å². The van der Waals surface area contributed by atoms with Gasteiger partial charge < -0.3 is 10.6 Å². The van der Waals surface area contributed by atoms with E-state index in [1.54, 1.807) is 0 Å². The average Bonchev–Trinajstić information content (AvgIpc) is 2.56. The topological polar surface area (TPSA) is 49.6 Å². The highest BCUT2D eigenvalue weighted by molar-refractivity contribution is 7.99. The second-order valence-electron chi connectivity index (χ2n) is 7.02. The van der Waals surface area contributed by atoms with Crippen molar-refractivity contribution in [1.82, 2.24) is 9.80 Å². The lowest BCUT2D eigenvalue weighted by Crippen LogP contribution is -2.47. The Kier molecular flexibility index (Phi) is 6.50. The molecule has 1 fully saturated rings. The van der Waals surface area contributed by atoms with E-state index in [1.165, 1.54) is 0 Å². The zero-order valence-corrected chi connectivity index (χ0v) is 15.3. The minimum atomic E-state index is -0.185. The van der Waals surface area contributed by atoms with Crippen LogP contribution in [0.25, 0.3) is 0 Å². The summed E-state index contributed by atoms with van der Waals surface area (Å²) in [4.78, 5) is 17.3. The molecule has 23 heavy (non-hydrogen) atoms. The van der Waals surface area contributed by atoms with Crippen LogP contribution >= 0.6 is 11.8 Å². The lowest BCUT2D eigenvalue weighted by atomic mass is 9.92. The average molecular weight is 336 g/mol. The van der Waals surface area contributed by atoms with Gasteiger partial charge in [0.25, 0.3) is 0 Å². The van der Waals surface area contributed by atoms with Gasteiger partial charge in [-0.15, -0.1) is 0 Å². The number of hydrogen-bond donors (Lipinski definition) is 1. The van der Waals surface area contributed by atoms with Crippen LogP contribution in [0.4, 0.5) is 0 Å². The van der Waals surface area contributed by atoms with Crippen LogP contribution in [0.15, 0.2) is 30.3 Å². The third-order valence-electron chi connectivity index (χ3n) is 4.35. The maximum absolute atomic E-state index is 13.2. The molecule has 1 amide bonds. The van der Waals surface area contributed by atoms with Crippen molar-refractivity contribution in [2.45, 2.75) is 19.9 Å². The molecule has 2 N–H and O–H groups in total. The molecule has 1 aliphatic heterocycles. The van der Waals surface area contributed by atoms with E-state index in [0.717, 1.165) is 30.2 Å². The summed E-state index contributed by atoms with van der Waals surface area (Å²) in [5, 5.41) is 0. The van der Waals surface area contributed by atoms with Crippen LogP contribution in [0.1, 0.15) is 25.5 Å². The first-order chi connectivity index (χ1) is 10.9. The summed E-state index contributed by atoms with van der Waals surface area (Å²) in [5.41, 5.74) is 6.85. The highest BCUT2D eigenvalue weighted by Crippen LogP contribution is 2.27. The number of carbonyl (C=O) groups excluding carboxylic acids is 1. The van der Waals surface area contributed by atoms with Gasteiger partial charge in [0.1, 0.15) is 6.04 Å². The number of nitrogens with two attached hydrogens (primary N) is 1.